The van der Waals surface area contributed by atoms with Crippen LogP contribution in [0.3, 0.4) is 0 Å². The summed E-state index contributed by atoms with van der Waals surface area (Å²) in [5.41, 5.74) is 0. The van der Waals surface area contributed by atoms with Crippen molar-refractivity contribution in [2.45, 2.75) is 51.2 Å². The summed E-state index contributed by atoms with van der Waals surface area (Å²) in [4.78, 5) is 0. The average molecular weight is 222 g/mol. The Morgan fingerprint density at radius 3 is 2.88 bits per heavy atom. The Bertz CT molecular complexity index is 274. The highest BCUT2D eigenvalue weighted by Gasteiger charge is 2.54. The second-order valence-corrected chi connectivity index (χ2v) is 5.55. The summed E-state index contributed by atoms with van der Waals surface area (Å²) in [5.74, 6) is 2.39. The van der Waals surface area contributed by atoms with E-state index < -0.39 is 0 Å². The lowest BCUT2D eigenvalue weighted by Gasteiger charge is -2.35. The molecular weight excluding hydrogens is 200 g/mol. The minimum atomic E-state index is 0.514. The lowest BCUT2D eigenvalue weighted by Crippen LogP contribution is -2.36. The Morgan fingerprint density at radius 2 is 2.06 bits per heavy atom. The molecule has 0 amide bonds. The molecule has 90 valence electrons. The maximum atomic E-state index is 6.16. The quantitative estimate of drug-likeness (QED) is 0.683. The first-order valence-electron chi connectivity index (χ1n) is 6.78. The van der Waals surface area contributed by atoms with Gasteiger partial charge >= 0.3 is 0 Å². The molecule has 2 aliphatic heterocycles. The Kier molecular flexibility index (Phi) is 2.93. The van der Waals surface area contributed by atoms with Crippen molar-refractivity contribution in [1.29, 1.82) is 0 Å². The van der Waals surface area contributed by atoms with Crippen molar-refractivity contribution in [3.8, 4) is 0 Å². The Balaban J connectivity index is 1.61. The van der Waals surface area contributed by atoms with Crippen molar-refractivity contribution in [3.63, 3.8) is 0 Å². The van der Waals surface area contributed by atoms with Crippen LogP contribution in [0.4, 0.5) is 0 Å². The fraction of sp³-hybridized carbons (Fsp3) is 0.857. The lowest BCUT2D eigenvalue weighted by molar-refractivity contribution is 0.0551. The molecule has 0 aromatic rings. The van der Waals surface area contributed by atoms with E-state index in [4.69, 9.17) is 9.47 Å². The Labute approximate surface area is 98.0 Å². The topological polar surface area (TPSA) is 18.5 Å². The summed E-state index contributed by atoms with van der Waals surface area (Å²) in [6.07, 6.45) is 11.7. The molecule has 1 saturated carbocycles. The standard InChI is InChI=1S/C14H22O2/c1-2-7-15-9-10-8-13-11-5-3-4-6-12(11)14(10)16-13/h2,7,10-14H,3-6,8-9H2,1H3/b7-2+. The van der Waals surface area contributed by atoms with Crippen LogP contribution in [0.2, 0.25) is 0 Å². The average Bonchev–Trinajstić information content (AvgIpc) is 2.88. The molecule has 0 spiro atoms. The SMILES string of the molecule is C/C=C/OCC1CC2OC1C1CCCCC21. The van der Waals surface area contributed by atoms with E-state index >= 15 is 0 Å². The van der Waals surface area contributed by atoms with Gasteiger partial charge in [0, 0.05) is 5.92 Å². The number of hydrogen-bond acceptors (Lipinski definition) is 2. The molecule has 5 unspecified atom stereocenters. The zero-order valence-corrected chi connectivity index (χ0v) is 10.1. The van der Waals surface area contributed by atoms with Crippen LogP contribution in [0, 0.1) is 17.8 Å². The molecule has 3 rings (SSSR count). The van der Waals surface area contributed by atoms with Crippen LogP contribution in [0.5, 0.6) is 0 Å². The van der Waals surface area contributed by atoms with Gasteiger partial charge in [-0.3, -0.25) is 0 Å². The Hall–Kier alpha value is -0.500. The number of rotatable bonds is 3. The molecule has 2 heteroatoms. The zero-order chi connectivity index (χ0) is 11.0. The van der Waals surface area contributed by atoms with Gasteiger partial charge in [0.05, 0.1) is 25.1 Å². The van der Waals surface area contributed by atoms with Crippen molar-refractivity contribution in [2.24, 2.45) is 17.8 Å². The van der Waals surface area contributed by atoms with Gasteiger partial charge in [-0.15, -0.1) is 0 Å². The van der Waals surface area contributed by atoms with Crippen LogP contribution < -0.4 is 0 Å². The van der Waals surface area contributed by atoms with E-state index in [1.807, 2.05) is 19.3 Å². The lowest BCUT2D eigenvalue weighted by atomic mass is 9.68. The first-order valence-corrected chi connectivity index (χ1v) is 6.78. The molecule has 2 heterocycles. The van der Waals surface area contributed by atoms with Gasteiger partial charge in [-0.25, -0.2) is 0 Å². The monoisotopic (exact) mass is 222 g/mol. The highest BCUT2D eigenvalue weighted by atomic mass is 16.5. The van der Waals surface area contributed by atoms with Crippen LogP contribution >= 0.6 is 0 Å². The first-order chi connectivity index (χ1) is 7.90. The van der Waals surface area contributed by atoms with E-state index in [0.29, 0.717) is 18.1 Å². The highest BCUT2D eigenvalue weighted by molar-refractivity contribution is 5.01. The molecule has 1 aliphatic carbocycles. The third kappa shape index (κ3) is 1.67. The van der Waals surface area contributed by atoms with Gasteiger partial charge < -0.3 is 9.47 Å². The van der Waals surface area contributed by atoms with Gasteiger partial charge in [-0.1, -0.05) is 18.9 Å². The largest absolute Gasteiger partial charge is 0.501 e. The summed E-state index contributed by atoms with van der Waals surface area (Å²) >= 11 is 0. The minimum Gasteiger partial charge on any atom is -0.501 e. The van der Waals surface area contributed by atoms with Gasteiger partial charge in [0.2, 0.25) is 0 Å². The molecule has 16 heavy (non-hydrogen) atoms. The van der Waals surface area contributed by atoms with Gasteiger partial charge in [0.15, 0.2) is 0 Å². The summed E-state index contributed by atoms with van der Waals surface area (Å²) in [6.45, 7) is 2.85. The van der Waals surface area contributed by atoms with Gasteiger partial charge in [0.1, 0.15) is 0 Å². The maximum absolute atomic E-state index is 6.16. The van der Waals surface area contributed by atoms with E-state index in [2.05, 4.69) is 0 Å². The second kappa shape index (κ2) is 4.40. The third-order valence-electron chi connectivity index (χ3n) is 4.65. The van der Waals surface area contributed by atoms with Crippen LogP contribution in [0.25, 0.3) is 0 Å². The van der Waals surface area contributed by atoms with E-state index in [-0.39, 0.29) is 0 Å². The van der Waals surface area contributed by atoms with E-state index in [1.54, 1.807) is 0 Å². The van der Waals surface area contributed by atoms with Gasteiger partial charge in [0.25, 0.3) is 0 Å². The molecule has 0 aromatic heterocycles. The Morgan fingerprint density at radius 1 is 1.25 bits per heavy atom. The van der Waals surface area contributed by atoms with Crippen LogP contribution in [0.1, 0.15) is 39.0 Å². The predicted molar refractivity (Wildman–Crippen MR) is 63.0 cm³/mol. The molecular formula is C14H22O2. The van der Waals surface area contributed by atoms with Gasteiger partial charge in [-0.05, 0) is 38.0 Å². The van der Waals surface area contributed by atoms with E-state index in [1.165, 1.54) is 32.1 Å². The zero-order valence-electron chi connectivity index (χ0n) is 10.1. The fourth-order valence-corrected chi connectivity index (χ4v) is 4.02. The number of fused-ring (bicyclic) bond motifs is 5. The van der Waals surface area contributed by atoms with Crippen molar-refractivity contribution >= 4 is 0 Å². The van der Waals surface area contributed by atoms with Crippen molar-refractivity contribution in [3.05, 3.63) is 12.3 Å². The van der Waals surface area contributed by atoms with Crippen LogP contribution in [-0.4, -0.2) is 18.8 Å². The molecule has 3 aliphatic rings. The van der Waals surface area contributed by atoms with Crippen molar-refractivity contribution < 1.29 is 9.47 Å². The summed E-state index contributed by atoms with van der Waals surface area (Å²) in [6, 6.07) is 0. The first kappa shape index (κ1) is 10.6. The minimum absolute atomic E-state index is 0.514. The van der Waals surface area contributed by atoms with E-state index in [0.717, 1.165) is 18.4 Å². The molecule has 0 N–H and O–H groups in total. The summed E-state index contributed by atoms with van der Waals surface area (Å²) in [7, 11) is 0. The van der Waals surface area contributed by atoms with Crippen LogP contribution in [-0.2, 0) is 9.47 Å². The smallest absolute Gasteiger partial charge is 0.0927 e. The summed E-state index contributed by atoms with van der Waals surface area (Å²) in [5, 5.41) is 0. The normalized spacial score (nSPS) is 46.2. The third-order valence-corrected chi connectivity index (χ3v) is 4.65. The number of hydrogen-bond donors (Lipinski definition) is 0. The molecule has 2 nitrogen and oxygen atoms in total. The predicted octanol–water partition coefficient (Wildman–Crippen LogP) is 3.13. The summed E-state index contributed by atoms with van der Waals surface area (Å²) < 4.78 is 11.7. The molecule has 3 fully saturated rings. The second-order valence-electron chi connectivity index (χ2n) is 5.55. The molecule has 0 radical (unpaired) electrons. The number of ether oxygens (including phenoxy) is 2. The fourth-order valence-electron chi connectivity index (χ4n) is 4.02. The molecule has 2 saturated heterocycles. The number of allylic oxidation sites excluding steroid dienone is 1. The van der Waals surface area contributed by atoms with E-state index in [9.17, 15) is 0 Å². The van der Waals surface area contributed by atoms with Crippen LogP contribution in [0.15, 0.2) is 12.3 Å². The molecule has 2 bridgehead atoms. The van der Waals surface area contributed by atoms with Crippen molar-refractivity contribution in [1.82, 2.24) is 0 Å². The van der Waals surface area contributed by atoms with Crippen molar-refractivity contribution in [2.75, 3.05) is 6.61 Å². The molecule has 5 atom stereocenters. The van der Waals surface area contributed by atoms with Gasteiger partial charge in [-0.2, -0.15) is 0 Å². The maximum Gasteiger partial charge on any atom is 0.0927 e. The molecule has 0 aromatic carbocycles. The highest BCUT2D eigenvalue weighted by Crippen LogP contribution is 2.52.